The van der Waals surface area contributed by atoms with Gasteiger partial charge in [-0.2, -0.15) is 0 Å². The van der Waals surface area contributed by atoms with Crippen LogP contribution in [0.4, 0.5) is 0 Å². The highest BCUT2D eigenvalue weighted by Crippen LogP contribution is 2.14. The maximum Gasteiger partial charge on any atom is 0.306 e. The zero-order valence-electron chi connectivity index (χ0n) is 40.4. The maximum atomic E-state index is 12.8. The summed E-state index contributed by atoms with van der Waals surface area (Å²) in [6.45, 7) is 6.56. The molecule has 0 amide bonds. The van der Waals surface area contributed by atoms with E-state index in [1.165, 1.54) is 154 Å². The zero-order valence-corrected chi connectivity index (χ0v) is 40.4. The largest absolute Gasteiger partial charge is 0.462 e. The average molecular weight is 855 g/mol. The molecule has 0 bridgehead atoms. The van der Waals surface area contributed by atoms with E-state index < -0.39 is 6.10 Å². The Bertz CT molecular complexity index is 1070. The summed E-state index contributed by atoms with van der Waals surface area (Å²) in [4.78, 5) is 37.9. The van der Waals surface area contributed by atoms with Crippen molar-refractivity contribution in [1.82, 2.24) is 0 Å². The van der Waals surface area contributed by atoms with E-state index in [1.54, 1.807) is 0 Å². The van der Waals surface area contributed by atoms with Gasteiger partial charge < -0.3 is 14.2 Å². The molecule has 6 nitrogen and oxygen atoms in total. The molecule has 354 valence electrons. The van der Waals surface area contributed by atoms with Crippen molar-refractivity contribution in [3.63, 3.8) is 0 Å². The van der Waals surface area contributed by atoms with Gasteiger partial charge in [-0.3, -0.25) is 14.4 Å². The van der Waals surface area contributed by atoms with Gasteiger partial charge in [0.25, 0.3) is 0 Å². The fourth-order valence-corrected chi connectivity index (χ4v) is 7.33. The minimum absolute atomic E-state index is 0.0881. The first kappa shape index (κ1) is 58.4. The van der Waals surface area contributed by atoms with Crippen LogP contribution in [0.3, 0.4) is 0 Å². The fraction of sp³-hybridized carbons (Fsp3) is 0.800. The molecule has 0 aliphatic carbocycles. The fourth-order valence-electron chi connectivity index (χ4n) is 7.33. The van der Waals surface area contributed by atoms with Gasteiger partial charge >= 0.3 is 17.9 Å². The second-order valence-electron chi connectivity index (χ2n) is 17.4. The number of carbonyl (C=O) groups is 3. The number of esters is 3. The van der Waals surface area contributed by atoms with Crippen molar-refractivity contribution in [2.24, 2.45) is 0 Å². The summed E-state index contributed by atoms with van der Waals surface area (Å²) < 4.78 is 16.7. The van der Waals surface area contributed by atoms with E-state index in [-0.39, 0.29) is 37.5 Å². The van der Waals surface area contributed by atoms with E-state index in [9.17, 15) is 14.4 Å². The van der Waals surface area contributed by atoms with E-state index in [1.807, 2.05) is 0 Å². The molecule has 6 heteroatoms. The number of allylic oxidation sites excluding steroid dienone is 8. The molecule has 0 unspecified atom stereocenters. The summed E-state index contributed by atoms with van der Waals surface area (Å²) in [5, 5.41) is 0. The number of hydrogen-bond donors (Lipinski definition) is 0. The van der Waals surface area contributed by atoms with Crippen molar-refractivity contribution in [3.8, 4) is 0 Å². The molecule has 0 saturated heterocycles. The Morgan fingerprint density at radius 2 is 0.590 bits per heavy atom. The Balaban J connectivity index is 4.35. The van der Waals surface area contributed by atoms with Crippen molar-refractivity contribution in [3.05, 3.63) is 48.6 Å². The van der Waals surface area contributed by atoms with Crippen LogP contribution in [-0.4, -0.2) is 37.2 Å². The lowest BCUT2D eigenvalue weighted by atomic mass is 10.1. The summed E-state index contributed by atoms with van der Waals surface area (Å²) in [7, 11) is 0. The molecule has 0 rings (SSSR count). The van der Waals surface area contributed by atoms with Crippen LogP contribution < -0.4 is 0 Å². The summed E-state index contributed by atoms with van der Waals surface area (Å²) >= 11 is 0. The molecule has 0 aliphatic heterocycles. The SMILES string of the molecule is CCCCC/C=C\C/C=C\C/C=C\CCCCC(=O)O[C@@H](COC(=O)CCCCCCCCC/C=C\CCCCCCCCCC)COC(=O)CCCCCCCCCCC. The highest BCUT2D eigenvalue weighted by Gasteiger charge is 2.19. The van der Waals surface area contributed by atoms with Gasteiger partial charge in [0.1, 0.15) is 13.2 Å². The lowest BCUT2D eigenvalue weighted by molar-refractivity contribution is -0.167. The van der Waals surface area contributed by atoms with Crippen LogP contribution in [0, 0.1) is 0 Å². The highest BCUT2D eigenvalue weighted by atomic mass is 16.6. The van der Waals surface area contributed by atoms with E-state index >= 15 is 0 Å². The van der Waals surface area contributed by atoms with Gasteiger partial charge in [0, 0.05) is 19.3 Å². The molecule has 0 radical (unpaired) electrons. The lowest BCUT2D eigenvalue weighted by Gasteiger charge is -2.18. The first-order valence-corrected chi connectivity index (χ1v) is 26.1. The van der Waals surface area contributed by atoms with Crippen molar-refractivity contribution in [2.75, 3.05) is 13.2 Å². The van der Waals surface area contributed by atoms with E-state index in [2.05, 4.69) is 69.4 Å². The third-order valence-corrected chi connectivity index (χ3v) is 11.3. The van der Waals surface area contributed by atoms with Gasteiger partial charge in [-0.25, -0.2) is 0 Å². The van der Waals surface area contributed by atoms with Gasteiger partial charge in [-0.15, -0.1) is 0 Å². The normalized spacial score (nSPS) is 12.4. The molecule has 0 aliphatic rings. The molecule has 0 fully saturated rings. The Labute approximate surface area is 378 Å². The van der Waals surface area contributed by atoms with Gasteiger partial charge in [-0.05, 0) is 83.5 Å². The monoisotopic (exact) mass is 855 g/mol. The highest BCUT2D eigenvalue weighted by molar-refractivity contribution is 5.71. The van der Waals surface area contributed by atoms with Crippen LogP contribution in [0.1, 0.15) is 265 Å². The third kappa shape index (κ3) is 48.3. The van der Waals surface area contributed by atoms with Gasteiger partial charge in [-0.1, -0.05) is 211 Å². The van der Waals surface area contributed by atoms with Crippen LogP contribution in [0.25, 0.3) is 0 Å². The van der Waals surface area contributed by atoms with Crippen molar-refractivity contribution >= 4 is 17.9 Å². The van der Waals surface area contributed by atoms with E-state index in [4.69, 9.17) is 14.2 Å². The van der Waals surface area contributed by atoms with Gasteiger partial charge in [0.2, 0.25) is 0 Å². The molecular weight excluding hydrogens is 757 g/mol. The average Bonchev–Trinajstić information content (AvgIpc) is 3.26. The molecule has 1 atom stereocenters. The maximum absolute atomic E-state index is 12.8. The second-order valence-corrected chi connectivity index (χ2v) is 17.4. The number of carbonyl (C=O) groups excluding carboxylic acids is 3. The van der Waals surface area contributed by atoms with Crippen LogP contribution in [0.15, 0.2) is 48.6 Å². The first-order chi connectivity index (χ1) is 30.0. The minimum Gasteiger partial charge on any atom is -0.462 e. The first-order valence-electron chi connectivity index (χ1n) is 26.1. The predicted octanol–water partition coefficient (Wildman–Crippen LogP) is 17.1. The molecule has 0 heterocycles. The number of unbranched alkanes of at least 4 members (excludes halogenated alkanes) is 28. The molecule has 0 aromatic rings. The Morgan fingerprint density at radius 1 is 0.328 bits per heavy atom. The molecule has 0 saturated carbocycles. The summed E-state index contributed by atoms with van der Waals surface area (Å²) in [6, 6.07) is 0. The van der Waals surface area contributed by atoms with Crippen molar-refractivity contribution in [2.45, 2.75) is 271 Å². The minimum atomic E-state index is -0.790. The van der Waals surface area contributed by atoms with Gasteiger partial charge in [0.05, 0.1) is 0 Å². The quantitative estimate of drug-likeness (QED) is 0.0263. The number of hydrogen-bond acceptors (Lipinski definition) is 6. The standard InChI is InChI=1S/C55H98O6/c1-4-7-10-13-16-19-21-23-25-26-27-28-30-31-33-36-39-42-45-48-54(57)60-51-52(50-59-53(56)47-44-41-38-35-18-15-12-9-6-3)61-55(58)49-46-43-40-37-34-32-29-24-22-20-17-14-11-8-5-2/h17,20,24,26-27,29,34,37,52H,4-16,18-19,21-23,25,28,30-33,35-36,38-51H2,1-3H3/b20-17-,27-26-,29-24-,37-34-/t52-/m1/s1. The second kappa shape index (κ2) is 50.0. The zero-order chi connectivity index (χ0) is 44.4. The summed E-state index contributed by atoms with van der Waals surface area (Å²) in [5.74, 6) is -0.928. The Morgan fingerprint density at radius 3 is 1.00 bits per heavy atom. The Hall–Kier alpha value is -2.63. The van der Waals surface area contributed by atoms with Gasteiger partial charge in [0.15, 0.2) is 6.10 Å². The number of ether oxygens (including phenoxy) is 3. The van der Waals surface area contributed by atoms with Crippen LogP contribution in [-0.2, 0) is 28.6 Å². The van der Waals surface area contributed by atoms with Crippen LogP contribution >= 0.6 is 0 Å². The molecule has 0 aromatic carbocycles. The van der Waals surface area contributed by atoms with E-state index in [0.717, 1.165) is 64.2 Å². The predicted molar refractivity (Wildman–Crippen MR) is 261 cm³/mol. The Kier molecular flexibility index (Phi) is 47.9. The molecule has 0 spiro atoms. The topological polar surface area (TPSA) is 78.9 Å². The molecule has 61 heavy (non-hydrogen) atoms. The van der Waals surface area contributed by atoms with Crippen molar-refractivity contribution in [1.29, 1.82) is 0 Å². The molecule has 0 N–H and O–H groups in total. The molecule has 0 aromatic heterocycles. The molecular formula is C55H98O6. The summed E-state index contributed by atoms with van der Waals surface area (Å²) in [6.07, 6.45) is 59.6. The lowest BCUT2D eigenvalue weighted by Crippen LogP contribution is -2.30. The third-order valence-electron chi connectivity index (χ3n) is 11.3. The summed E-state index contributed by atoms with van der Waals surface area (Å²) in [5.41, 5.74) is 0. The van der Waals surface area contributed by atoms with Crippen LogP contribution in [0.2, 0.25) is 0 Å². The van der Waals surface area contributed by atoms with Crippen molar-refractivity contribution < 1.29 is 28.6 Å². The van der Waals surface area contributed by atoms with Crippen LogP contribution in [0.5, 0.6) is 0 Å². The number of rotatable bonds is 47. The smallest absolute Gasteiger partial charge is 0.306 e. The van der Waals surface area contributed by atoms with E-state index in [0.29, 0.717) is 19.3 Å².